The lowest BCUT2D eigenvalue weighted by Crippen LogP contribution is -2.14. The predicted octanol–water partition coefficient (Wildman–Crippen LogP) is 6.10. The molecule has 6 heteroatoms. The number of amides is 2. The van der Waals surface area contributed by atoms with E-state index in [1.54, 1.807) is 37.4 Å². The van der Waals surface area contributed by atoms with Crippen molar-refractivity contribution < 1.29 is 18.7 Å². The average molecular weight is 436 g/mol. The number of carbonyl (C=O) groups excluding carboxylic acids is 2. The first-order valence-electron chi connectivity index (χ1n) is 10.4. The van der Waals surface area contributed by atoms with E-state index in [1.165, 1.54) is 0 Å². The number of hydrogen-bond acceptors (Lipinski definition) is 4. The molecule has 0 aliphatic carbocycles. The van der Waals surface area contributed by atoms with Crippen LogP contribution in [-0.4, -0.2) is 18.9 Å². The van der Waals surface area contributed by atoms with Crippen LogP contribution in [0.15, 0.2) is 95.4 Å². The fraction of sp³-hybridized carbons (Fsp3) is 0.0370. The molecule has 0 spiro atoms. The zero-order chi connectivity index (χ0) is 22.8. The lowest BCUT2D eigenvalue weighted by molar-refractivity contribution is 0.0996. The van der Waals surface area contributed by atoms with Crippen LogP contribution >= 0.6 is 0 Å². The van der Waals surface area contributed by atoms with Gasteiger partial charge in [0.2, 0.25) is 0 Å². The highest BCUT2D eigenvalue weighted by Gasteiger charge is 2.15. The molecule has 6 nitrogen and oxygen atoms in total. The third-order valence-corrected chi connectivity index (χ3v) is 5.36. The van der Waals surface area contributed by atoms with Gasteiger partial charge < -0.3 is 19.8 Å². The van der Waals surface area contributed by atoms with E-state index < -0.39 is 0 Å². The standard InChI is InChI=1S/C27H20N2O4/c1-32-24-15-18-7-3-2-6-17(18)14-22(24)26(30)28-20-10-12-21(13-11-20)29-27(31)25-16-19-8-4-5-9-23(19)33-25/h2-16H,1H3,(H,28,30)(H,29,31). The number of benzene rings is 4. The molecule has 5 rings (SSSR count). The Morgan fingerprint density at radius 1 is 0.697 bits per heavy atom. The third kappa shape index (κ3) is 4.14. The highest BCUT2D eigenvalue weighted by Crippen LogP contribution is 2.27. The van der Waals surface area contributed by atoms with Crippen molar-refractivity contribution in [3.63, 3.8) is 0 Å². The van der Waals surface area contributed by atoms with Crippen molar-refractivity contribution in [1.29, 1.82) is 0 Å². The largest absolute Gasteiger partial charge is 0.496 e. The number of hydrogen-bond donors (Lipinski definition) is 2. The van der Waals surface area contributed by atoms with Gasteiger partial charge in [-0.25, -0.2) is 0 Å². The number of para-hydroxylation sites is 1. The minimum Gasteiger partial charge on any atom is -0.496 e. The summed E-state index contributed by atoms with van der Waals surface area (Å²) in [5.74, 6) is 0.110. The molecule has 0 aliphatic heterocycles. The number of fused-ring (bicyclic) bond motifs is 2. The van der Waals surface area contributed by atoms with Crippen LogP contribution in [0, 0.1) is 0 Å². The van der Waals surface area contributed by atoms with Gasteiger partial charge in [0.15, 0.2) is 5.76 Å². The Morgan fingerprint density at radius 2 is 1.27 bits per heavy atom. The molecule has 1 aromatic heterocycles. The van der Waals surface area contributed by atoms with E-state index in [-0.39, 0.29) is 17.6 Å². The van der Waals surface area contributed by atoms with Crippen LogP contribution < -0.4 is 15.4 Å². The molecule has 0 bridgehead atoms. The second-order valence-electron chi connectivity index (χ2n) is 7.53. The summed E-state index contributed by atoms with van der Waals surface area (Å²) in [7, 11) is 1.54. The van der Waals surface area contributed by atoms with Crippen molar-refractivity contribution in [2.45, 2.75) is 0 Å². The van der Waals surface area contributed by atoms with Gasteiger partial charge in [-0.3, -0.25) is 9.59 Å². The van der Waals surface area contributed by atoms with Crippen molar-refractivity contribution in [3.05, 3.63) is 102 Å². The van der Waals surface area contributed by atoms with Crippen LogP contribution in [0.3, 0.4) is 0 Å². The van der Waals surface area contributed by atoms with Gasteiger partial charge in [0.05, 0.1) is 12.7 Å². The molecule has 0 fully saturated rings. The van der Waals surface area contributed by atoms with Crippen LogP contribution in [0.4, 0.5) is 11.4 Å². The molecule has 0 unspecified atom stereocenters. The summed E-state index contributed by atoms with van der Waals surface area (Å²) >= 11 is 0. The lowest BCUT2D eigenvalue weighted by atomic mass is 10.1. The second-order valence-corrected chi connectivity index (χ2v) is 7.53. The van der Waals surface area contributed by atoms with Gasteiger partial charge in [-0.2, -0.15) is 0 Å². The maximum absolute atomic E-state index is 12.9. The van der Waals surface area contributed by atoms with Gasteiger partial charge in [-0.05, 0) is 59.3 Å². The Labute approximate surface area is 189 Å². The van der Waals surface area contributed by atoms with E-state index in [4.69, 9.17) is 9.15 Å². The molecule has 5 aromatic rings. The molecule has 0 saturated carbocycles. The van der Waals surface area contributed by atoms with Crippen LogP contribution in [0.1, 0.15) is 20.9 Å². The molecular formula is C27H20N2O4. The molecule has 0 atom stereocenters. The van der Waals surface area contributed by atoms with E-state index in [0.717, 1.165) is 16.2 Å². The Hall–Kier alpha value is -4.58. The van der Waals surface area contributed by atoms with Gasteiger partial charge in [-0.1, -0.05) is 42.5 Å². The molecule has 0 aliphatic rings. The molecular weight excluding hydrogens is 416 g/mol. The number of furan rings is 1. The van der Waals surface area contributed by atoms with E-state index in [2.05, 4.69) is 10.6 Å². The summed E-state index contributed by atoms with van der Waals surface area (Å²) in [4.78, 5) is 25.4. The quantitative estimate of drug-likeness (QED) is 0.349. The van der Waals surface area contributed by atoms with Gasteiger partial charge >= 0.3 is 0 Å². The fourth-order valence-corrected chi connectivity index (χ4v) is 3.69. The molecule has 0 radical (unpaired) electrons. The average Bonchev–Trinajstić information content (AvgIpc) is 3.29. The van der Waals surface area contributed by atoms with Crippen LogP contribution in [-0.2, 0) is 0 Å². The Morgan fingerprint density at radius 3 is 1.91 bits per heavy atom. The SMILES string of the molecule is COc1cc2ccccc2cc1C(=O)Nc1ccc(NC(=O)c2cc3ccccc3o2)cc1. The van der Waals surface area contributed by atoms with Gasteiger partial charge in [0.1, 0.15) is 11.3 Å². The molecule has 2 amide bonds. The van der Waals surface area contributed by atoms with E-state index in [9.17, 15) is 9.59 Å². The monoisotopic (exact) mass is 436 g/mol. The van der Waals surface area contributed by atoms with E-state index in [0.29, 0.717) is 28.3 Å². The molecule has 1 heterocycles. The number of methoxy groups -OCH3 is 1. The van der Waals surface area contributed by atoms with Crippen LogP contribution in [0.25, 0.3) is 21.7 Å². The second kappa shape index (κ2) is 8.51. The van der Waals surface area contributed by atoms with Crippen LogP contribution in [0.2, 0.25) is 0 Å². The smallest absolute Gasteiger partial charge is 0.291 e. The summed E-state index contributed by atoms with van der Waals surface area (Å²) in [6.07, 6.45) is 0. The number of carbonyl (C=O) groups is 2. The zero-order valence-electron chi connectivity index (χ0n) is 17.8. The number of ether oxygens (including phenoxy) is 1. The maximum atomic E-state index is 12.9. The Bertz CT molecular complexity index is 1450. The minimum absolute atomic E-state index is 0.233. The van der Waals surface area contributed by atoms with Crippen molar-refractivity contribution in [2.24, 2.45) is 0 Å². The van der Waals surface area contributed by atoms with Crippen molar-refractivity contribution in [1.82, 2.24) is 0 Å². The number of rotatable bonds is 5. The first-order chi connectivity index (χ1) is 16.1. The highest BCUT2D eigenvalue weighted by atomic mass is 16.5. The zero-order valence-corrected chi connectivity index (χ0v) is 17.8. The summed E-state index contributed by atoms with van der Waals surface area (Å²) in [5.41, 5.74) is 2.28. The van der Waals surface area contributed by atoms with E-state index in [1.807, 2.05) is 60.7 Å². The molecule has 33 heavy (non-hydrogen) atoms. The Balaban J connectivity index is 1.30. The van der Waals surface area contributed by atoms with Crippen LogP contribution in [0.5, 0.6) is 5.75 Å². The topological polar surface area (TPSA) is 80.6 Å². The first kappa shape index (κ1) is 20.3. The molecule has 0 saturated heterocycles. The summed E-state index contributed by atoms with van der Waals surface area (Å²) in [6.45, 7) is 0. The summed E-state index contributed by atoms with van der Waals surface area (Å²) in [5, 5.41) is 8.49. The van der Waals surface area contributed by atoms with Gasteiger partial charge in [0, 0.05) is 16.8 Å². The predicted molar refractivity (Wildman–Crippen MR) is 129 cm³/mol. The number of nitrogens with one attached hydrogen (secondary N) is 2. The fourth-order valence-electron chi connectivity index (χ4n) is 3.69. The van der Waals surface area contributed by atoms with Crippen molar-refractivity contribution in [3.8, 4) is 5.75 Å². The lowest BCUT2D eigenvalue weighted by Gasteiger charge is -2.11. The molecule has 4 aromatic carbocycles. The maximum Gasteiger partial charge on any atom is 0.291 e. The summed E-state index contributed by atoms with van der Waals surface area (Å²) < 4.78 is 11.0. The van der Waals surface area contributed by atoms with Gasteiger partial charge in [-0.15, -0.1) is 0 Å². The molecule has 2 N–H and O–H groups in total. The normalized spacial score (nSPS) is 10.8. The van der Waals surface area contributed by atoms with Crippen molar-refractivity contribution in [2.75, 3.05) is 17.7 Å². The van der Waals surface area contributed by atoms with E-state index >= 15 is 0 Å². The number of anilines is 2. The molecule has 162 valence electrons. The van der Waals surface area contributed by atoms with Crippen molar-refractivity contribution >= 4 is 44.9 Å². The third-order valence-electron chi connectivity index (χ3n) is 5.36. The Kier molecular flexibility index (Phi) is 5.24. The highest BCUT2D eigenvalue weighted by molar-refractivity contribution is 6.09. The van der Waals surface area contributed by atoms with Gasteiger partial charge in [0.25, 0.3) is 11.8 Å². The summed E-state index contributed by atoms with van der Waals surface area (Å²) in [6, 6.07) is 27.5. The minimum atomic E-state index is -0.344. The first-order valence-corrected chi connectivity index (χ1v) is 10.4.